The van der Waals surface area contributed by atoms with Crippen molar-refractivity contribution in [2.45, 2.75) is 19.4 Å². The van der Waals surface area contributed by atoms with Crippen LogP contribution in [-0.4, -0.2) is 35.8 Å². The molecule has 6 nitrogen and oxygen atoms in total. The Balaban J connectivity index is 1.50. The zero-order valence-corrected chi connectivity index (χ0v) is 15.4. The Morgan fingerprint density at radius 2 is 1.86 bits per heavy atom. The fourth-order valence-corrected chi connectivity index (χ4v) is 3.16. The number of hydrogen-bond acceptors (Lipinski definition) is 4. The number of halogens is 1. The monoisotopic (exact) mass is 384 g/mol. The van der Waals surface area contributed by atoms with Gasteiger partial charge in [0.2, 0.25) is 5.91 Å². The van der Waals surface area contributed by atoms with E-state index in [1.807, 2.05) is 37.3 Å². The van der Waals surface area contributed by atoms with Gasteiger partial charge in [-0.3, -0.25) is 14.4 Å². The lowest BCUT2D eigenvalue weighted by Crippen LogP contribution is -2.30. The number of ether oxygens (including phenoxy) is 1. The first-order chi connectivity index (χ1) is 13.4. The number of anilines is 1. The highest BCUT2D eigenvalue weighted by atomic mass is 19.1. The molecule has 1 fully saturated rings. The van der Waals surface area contributed by atoms with Gasteiger partial charge in [0.25, 0.3) is 5.91 Å². The highest BCUT2D eigenvalue weighted by Crippen LogP contribution is 2.28. The molecule has 146 valence electrons. The maximum absolute atomic E-state index is 12.9. The summed E-state index contributed by atoms with van der Waals surface area (Å²) in [7, 11) is 0. The van der Waals surface area contributed by atoms with E-state index in [1.165, 1.54) is 24.3 Å². The lowest BCUT2D eigenvalue weighted by molar-refractivity contribution is -0.151. The molecule has 2 aromatic carbocycles. The topological polar surface area (TPSA) is 75.7 Å². The van der Waals surface area contributed by atoms with Crippen molar-refractivity contribution in [3.05, 3.63) is 66.0 Å². The van der Waals surface area contributed by atoms with Crippen LogP contribution >= 0.6 is 0 Å². The number of carbonyl (C=O) groups excluding carboxylic acids is 3. The summed E-state index contributed by atoms with van der Waals surface area (Å²) in [5.74, 6) is -2.24. The van der Waals surface area contributed by atoms with Gasteiger partial charge < -0.3 is 15.0 Å². The minimum Gasteiger partial charge on any atom is -0.455 e. The summed E-state index contributed by atoms with van der Waals surface area (Å²) in [6, 6.07) is 14.7. The van der Waals surface area contributed by atoms with Gasteiger partial charge in [0.05, 0.1) is 12.0 Å². The Morgan fingerprint density at radius 1 is 1.18 bits per heavy atom. The number of rotatable bonds is 6. The lowest BCUT2D eigenvalue weighted by atomic mass is 10.1. The average Bonchev–Trinajstić information content (AvgIpc) is 3.10. The first-order valence-corrected chi connectivity index (χ1v) is 9.00. The van der Waals surface area contributed by atoms with Crippen molar-refractivity contribution in [1.82, 2.24) is 4.90 Å². The summed E-state index contributed by atoms with van der Waals surface area (Å²) >= 11 is 0. The molecular formula is C21H21FN2O4. The fourth-order valence-electron chi connectivity index (χ4n) is 3.16. The number of esters is 1. The highest BCUT2D eigenvalue weighted by Gasteiger charge is 2.38. The number of likely N-dealkylation sites (tertiary alicyclic amines) is 1. The third kappa shape index (κ3) is 4.73. The van der Waals surface area contributed by atoms with Crippen LogP contribution in [0, 0.1) is 11.7 Å². The van der Waals surface area contributed by atoms with Crippen LogP contribution in [0.15, 0.2) is 54.6 Å². The van der Waals surface area contributed by atoms with Crippen LogP contribution in [0.2, 0.25) is 0 Å². The van der Waals surface area contributed by atoms with E-state index in [1.54, 1.807) is 4.90 Å². The van der Waals surface area contributed by atoms with Crippen LogP contribution in [0.4, 0.5) is 10.1 Å². The van der Waals surface area contributed by atoms with Gasteiger partial charge in [-0.05, 0) is 36.8 Å². The molecule has 7 heteroatoms. The lowest BCUT2D eigenvalue weighted by Gasteiger charge is -2.25. The van der Waals surface area contributed by atoms with E-state index in [9.17, 15) is 18.8 Å². The summed E-state index contributed by atoms with van der Waals surface area (Å²) in [6.07, 6.45) is 0.0651. The number of nitrogens with zero attached hydrogens (tertiary/aromatic N) is 1. The van der Waals surface area contributed by atoms with Gasteiger partial charge in [-0.25, -0.2) is 4.39 Å². The number of hydrogen-bond donors (Lipinski definition) is 1. The summed E-state index contributed by atoms with van der Waals surface area (Å²) < 4.78 is 17.9. The summed E-state index contributed by atoms with van der Waals surface area (Å²) in [5, 5.41) is 2.51. The molecule has 0 aromatic heterocycles. The molecule has 0 radical (unpaired) electrons. The Labute approximate surface area is 162 Å². The minimum absolute atomic E-state index is 0.0651. The van der Waals surface area contributed by atoms with Crippen LogP contribution in [0.25, 0.3) is 0 Å². The van der Waals surface area contributed by atoms with E-state index in [-0.39, 0.29) is 24.9 Å². The molecule has 0 saturated carbocycles. The summed E-state index contributed by atoms with van der Waals surface area (Å²) in [5.41, 5.74) is 1.39. The van der Waals surface area contributed by atoms with E-state index in [0.717, 1.165) is 5.56 Å². The number of amides is 2. The molecule has 2 amide bonds. The van der Waals surface area contributed by atoms with Gasteiger partial charge in [-0.2, -0.15) is 0 Å². The van der Waals surface area contributed by atoms with E-state index >= 15 is 0 Å². The molecule has 0 bridgehead atoms. The molecule has 28 heavy (non-hydrogen) atoms. The molecule has 1 aliphatic rings. The van der Waals surface area contributed by atoms with Crippen LogP contribution in [-0.2, 0) is 19.1 Å². The van der Waals surface area contributed by atoms with E-state index in [4.69, 9.17) is 4.74 Å². The minimum atomic E-state index is -0.600. The number of benzene rings is 2. The molecular weight excluding hydrogens is 363 g/mol. The SMILES string of the molecule is C[C@@H](c1ccccc1)N1C[C@H](C(=O)OCC(=O)Nc2ccc(F)cc2)CC1=O. The molecule has 3 rings (SSSR count). The Morgan fingerprint density at radius 3 is 2.54 bits per heavy atom. The molecule has 0 spiro atoms. The number of carbonyl (C=O) groups is 3. The molecule has 2 atom stereocenters. The second-order valence-corrected chi connectivity index (χ2v) is 6.70. The van der Waals surface area contributed by atoms with Crippen molar-refractivity contribution in [1.29, 1.82) is 0 Å². The molecule has 1 N–H and O–H groups in total. The second kappa shape index (κ2) is 8.65. The summed E-state index contributed by atoms with van der Waals surface area (Å²) in [6.45, 7) is 1.71. The van der Waals surface area contributed by atoms with Gasteiger partial charge in [0, 0.05) is 18.7 Å². The van der Waals surface area contributed by atoms with Crippen LogP contribution < -0.4 is 5.32 Å². The molecule has 2 aromatic rings. The van der Waals surface area contributed by atoms with Crippen molar-refractivity contribution < 1.29 is 23.5 Å². The second-order valence-electron chi connectivity index (χ2n) is 6.70. The van der Waals surface area contributed by atoms with E-state index < -0.39 is 30.2 Å². The average molecular weight is 384 g/mol. The van der Waals surface area contributed by atoms with Gasteiger partial charge >= 0.3 is 5.97 Å². The third-order valence-corrected chi connectivity index (χ3v) is 4.71. The van der Waals surface area contributed by atoms with Crippen molar-refractivity contribution >= 4 is 23.5 Å². The first-order valence-electron chi connectivity index (χ1n) is 9.00. The Hall–Kier alpha value is -3.22. The predicted molar refractivity (Wildman–Crippen MR) is 101 cm³/mol. The zero-order chi connectivity index (χ0) is 20.1. The Kier molecular flexibility index (Phi) is 6.03. The highest BCUT2D eigenvalue weighted by molar-refractivity contribution is 5.93. The van der Waals surface area contributed by atoms with E-state index in [2.05, 4.69) is 5.32 Å². The molecule has 0 unspecified atom stereocenters. The predicted octanol–water partition coefficient (Wildman–Crippen LogP) is 2.92. The van der Waals surface area contributed by atoms with Crippen molar-refractivity contribution in [3.8, 4) is 0 Å². The molecule has 1 heterocycles. The van der Waals surface area contributed by atoms with E-state index in [0.29, 0.717) is 5.69 Å². The van der Waals surface area contributed by atoms with Crippen LogP contribution in [0.1, 0.15) is 24.9 Å². The van der Waals surface area contributed by atoms with Gasteiger partial charge in [0.15, 0.2) is 6.61 Å². The zero-order valence-electron chi connectivity index (χ0n) is 15.4. The molecule has 0 aliphatic carbocycles. The van der Waals surface area contributed by atoms with Crippen molar-refractivity contribution in [3.63, 3.8) is 0 Å². The van der Waals surface area contributed by atoms with Gasteiger partial charge in [-0.1, -0.05) is 30.3 Å². The van der Waals surface area contributed by atoms with Crippen molar-refractivity contribution in [2.75, 3.05) is 18.5 Å². The van der Waals surface area contributed by atoms with Crippen LogP contribution in [0.3, 0.4) is 0 Å². The maximum atomic E-state index is 12.9. The van der Waals surface area contributed by atoms with Gasteiger partial charge in [-0.15, -0.1) is 0 Å². The number of nitrogens with one attached hydrogen (secondary N) is 1. The largest absolute Gasteiger partial charge is 0.455 e. The smallest absolute Gasteiger partial charge is 0.311 e. The molecule has 1 aliphatic heterocycles. The molecule has 1 saturated heterocycles. The van der Waals surface area contributed by atoms with Gasteiger partial charge in [0.1, 0.15) is 5.82 Å². The van der Waals surface area contributed by atoms with Crippen LogP contribution in [0.5, 0.6) is 0 Å². The standard InChI is InChI=1S/C21H21FN2O4/c1-14(15-5-3-2-4-6-15)24-12-16(11-20(24)26)21(27)28-13-19(25)23-18-9-7-17(22)8-10-18/h2-10,14,16H,11-13H2,1H3,(H,23,25)/t14-,16+/m0/s1. The Bertz CT molecular complexity index is 854. The quantitative estimate of drug-likeness (QED) is 0.777. The third-order valence-electron chi connectivity index (χ3n) is 4.71. The first kappa shape index (κ1) is 19.5. The van der Waals surface area contributed by atoms with Crippen molar-refractivity contribution in [2.24, 2.45) is 5.92 Å². The maximum Gasteiger partial charge on any atom is 0.311 e. The fraction of sp³-hybridized carbons (Fsp3) is 0.286. The summed E-state index contributed by atoms with van der Waals surface area (Å²) in [4.78, 5) is 38.1. The normalized spacial score (nSPS) is 17.3.